The van der Waals surface area contributed by atoms with E-state index >= 15 is 0 Å². The number of ketones is 3. The van der Waals surface area contributed by atoms with Gasteiger partial charge >= 0.3 is 0 Å². The number of phenolic OH excluding ortho intramolecular Hbond substituents is 2. The van der Waals surface area contributed by atoms with Crippen LogP contribution in [0.15, 0.2) is 18.2 Å². The number of ether oxygens (including phenoxy) is 3. The third-order valence-electron chi connectivity index (χ3n) is 8.20. The Morgan fingerprint density at radius 2 is 1.88 bits per heavy atom. The van der Waals surface area contributed by atoms with Crippen LogP contribution in [0.25, 0.3) is 0 Å². The van der Waals surface area contributed by atoms with Gasteiger partial charge in [-0.3, -0.25) is 19.2 Å². The van der Waals surface area contributed by atoms with Crippen LogP contribution in [-0.4, -0.2) is 99.6 Å². The van der Waals surface area contributed by atoms with Crippen LogP contribution in [0.1, 0.15) is 68.8 Å². The van der Waals surface area contributed by atoms with Crippen molar-refractivity contribution >= 4 is 23.6 Å². The third kappa shape index (κ3) is 4.68. The molecule has 223 valence electrons. The van der Waals surface area contributed by atoms with Crippen molar-refractivity contribution in [2.45, 2.75) is 62.4 Å². The van der Waals surface area contributed by atoms with Gasteiger partial charge in [-0.25, -0.2) is 0 Å². The smallest absolute Gasteiger partial charge is 0.213 e. The van der Waals surface area contributed by atoms with E-state index in [2.05, 4.69) is 5.32 Å². The maximum Gasteiger partial charge on any atom is 0.213 e. The lowest BCUT2D eigenvalue weighted by Crippen LogP contribution is -2.55. The molecule has 0 aromatic heterocycles. The van der Waals surface area contributed by atoms with Crippen LogP contribution in [0.3, 0.4) is 0 Å². The second kappa shape index (κ2) is 11.2. The molecule has 13 heteroatoms. The number of benzene rings is 2. The Labute approximate surface area is 239 Å². The van der Waals surface area contributed by atoms with E-state index in [1.54, 1.807) is 13.2 Å². The highest BCUT2D eigenvalue weighted by molar-refractivity contribution is 6.31. The van der Waals surface area contributed by atoms with Crippen molar-refractivity contribution < 1.29 is 58.9 Å². The number of carbonyl (C=O) groups excluding carboxylic acids is 4. The van der Waals surface area contributed by atoms with Gasteiger partial charge in [0.1, 0.15) is 29.5 Å². The van der Waals surface area contributed by atoms with Crippen LogP contribution < -0.4 is 10.1 Å². The summed E-state index contributed by atoms with van der Waals surface area (Å²) in [5, 5.41) is 57.2. The van der Waals surface area contributed by atoms with Crippen LogP contribution >= 0.6 is 0 Å². The highest BCUT2D eigenvalue weighted by Crippen LogP contribution is 2.52. The number of carbonyl (C=O) groups is 3. The van der Waals surface area contributed by atoms with E-state index in [1.807, 2.05) is 0 Å². The minimum absolute atomic E-state index is 0.00886. The summed E-state index contributed by atoms with van der Waals surface area (Å²) in [6.45, 7) is 0.340. The summed E-state index contributed by atoms with van der Waals surface area (Å²) in [5.41, 5.74) is -3.81. The molecule has 0 amide bonds. The second-order valence-corrected chi connectivity index (χ2v) is 10.6. The van der Waals surface area contributed by atoms with E-state index in [-0.39, 0.29) is 41.0 Å². The lowest BCUT2D eigenvalue weighted by Gasteiger charge is -2.42. The molecule has 1 aliphatic heterocycles. The van der Waals surface area contributed by atoms with Crippen molar-refractivity contribution in [1.29, 1.82) is 0 Å². The van der Waals surface area contributed by atoms with Crippen molar-refractivity contribution in [2.24, 2.45) is 0 Å². The standard InChI is InChI=1S/C29H30NO12/c1-12-24(34)15(30-6-7-31)8-19(41-12)42-17-10-29(39,18(33)11-32)9-14-21(17)28(38)23-22(26(14)36)25(35)13-4-3-5-16(40-2)20(13)27(23)37/h3-5,12,15,17,19,24,30,32,34,36,38-39H,6,8-11H2,1-2H3/t12?,15?,17-,19?,24?,29-/m0/s1. The normalized spacial score (nSPS) is 28.5. The summed E-state index contributed by atoms with van der Waals surface area (Å²) in [6, 6.07) is 3.66. The minimum atomic E-state index is -2.28. The van der Waals surface area contributed by atoms with Crippen LogP contribution in [-0.2, 0) is 25.5 Å². The molecule has 2 aromatic rings. The van der Waals surface area contributed by atoms with Gasteiger partial charge in [0.05, 0.1) is 48.7 Å². The molecule has 0 spiro atoms. The van der Waals surface area contributed by atoms with Gasteiger partial charge in [-0.05, 0) is 13.0 Å². The maximum absolute atomic E-state index is 13.7. The maximum atomic E-state index is 13.7. The Hall–Kier alpha value is -3.72. The molecular formula is C29H30NO12. The second-order valence-electron chi connectivity index (χ2n) is 10.6. The number of rotatable bonds is 8. The van der Waals surface area contributed by atoms with Gasteiger partial charge in [-0.1, -0.05) is 12.1 Å². The van der Waals surface area contributed by atoms with E-state index < -0.39 is 95.7 Å². The highest BCUT2D eigenvalue weighted by Gasteiger charge is 2.50. The number of aromatic hydroxyl groups is 2. The van der Waals surface area contributed by atoms with Gasteiger partial charge in [0.15, 0.2) is 17.9 Å². The lowest BCUT2D eigenvalue weighted by molar-refractivity contribution is -0.249. The zero-order chi connectivity index (χ0) is 30.5. The molecule has 1 saturated heterocycles. The fraction of sp³-hybridized carbons (Fsp3) is 0.448. The summed E-state index contributed by atoms with van der Waals surface area (Å²) in [7, 11) is 1.31. The average Bonchev–Trinajstić information content (AvgIpc) is 2.97. The zero-order valence-electron chi connectivity index (χ0n) is 22.7. The Kier molecular flexibility index (Phi) is 7.91. The molecule has 42 heavy (non-hydrogen) atoms. The minimum Gasteiger partial charge on any atom is -0.507 e. The first kappa shape index (κ1) is 29.8. The first-order valence-corrected chi connectivity index (χ1v) is 13.3. The van der Waals surface area contributed by atoms with E-state index in [9.17, 15) is 44.7 Å². The number of nitrogens with one attached hydrogen (secondary N) is 1. The summed E-state index contributed by atoms with van der Waals surface area (Å²) < 4.78 is 17.2. The first-order chi connectivity index (χ1) is 20.0. The van der Waals surface area contributed by atoms with E-state index in [1.165, 1.54) is 25.3 Å². The predicted molar refractivity (Wildman–Crippen MR) is 141 cm³/mol. The number of aliphatic hydroxyl groups excluding tert-OH is 2. The van der Waals surface area contributed by atoms with E-state index in [0.29, 0.717) is 0 Å². The number of aliphatic hydroxyl groups is 3. The molecule has 1 fully saturated rings. The topological polar surface area (TPSA) is 209 Å². The molecule has 3 aliphatic rings. The molecule has 13 nitrogen and oxygen atoms in total. The molecule has 5 rings (SSSR count). The Balaban J connectivity index is 1.64. The quantitative estimate of drug-likeness (QED) is 0.189. The molecule has 0 saturated carbocycles. The van der Waals surface area contributed by atoms with Crippen molar-refractivity contribution in [2.75, 3.05) is 20.3 Å². The molecule has 6 atom stereocenters. The van der Waals surface area contributed by atoms with E-state index in [0.717, 1.165) is 0 Å². The number of hydrogen-bond donors (Lipinski definition) is 6. The average molecular weight is 585 g/mol. The number of fused-ring (bicyclic) bond motifs is 3. The van der Waals surface area contributed by atoms with Crippen LogP contribution in [0, 0.1) is 0 Å². The van der Waals surface area contributed by atoms with Crippen molar-refractivity contribution in [3.05, 3.63) is 51.6 Å². The Morgan fingerprint density at radius 1 is 1.17 bits per heavy atom. The molecule has 2 aromatic carbocycles. The molecule has 1 radical (unpaired) electrons. The van der Waals surface area contributed by atoms with Gasteiger partial charge in [0.2, 0.25) is 12.1 Å². The van der Waals surface area contributed by atoms with Crippen LogP contribution in [0.5, 0.6) is 17.2 Å². The number of Topliss-reactive ketones (excluding diaryl/α,β-unsaturated/α-hetero) is 1. The zero-order valence-corrected chi connectivity index (χ0v) is 22.7. The summed E-state index contributed by atoms with van der Waals surface area (Å²) in [4.78, 5) is 50.7. The molecular weight excluding hydrogens is 554 g/mol. The number of phenols is 2. The monoisotopic (exact) mass is 584 g/mol. The Morgan fingerprint density at radius 3 is 2.55 bits per heavy atom. The summed E-state index contributed by atoms with van der Waals surface area (Å²) >= 11 is 0. The molecule has 0 bridgehead atoms. The summed E-state index contributed by atoms with van der Waals surface area (Å²) in [6.07, 6.45) is -3.76. The van der Waals surface area contributed by atoms with Gasteiger partial charge in [-0.2, -0.15) is 0 Å². The fourth-order valence-electron chi connectivity index (χ4n) is 6.09. The number of methoxy groups -OCH3 is 1. The largest absolute Gasteiger partial charge is 0.507 e. The highest BCUT2D eigenvalue weighted by atomic mass is 16.7. The predicted octanol–water partition coefficient (Wildman–Crippen LogP) is -0.258. The number of hydrogen-bond acceptors (Lipinski definition) is 13. The fourth-order valence-corrected chi connectivity index (χ4v) is 6.09. The van der Waals surface area contributed by atoms with Crippen molar-refractivity contribution in [1.82, 2.24) is 5.32 Å². The Bertz CT molecular complexity index is 1470. The molecule has 6 N–H and O–H groups in total. The SMILES string of the molecule is COc1cccc2c1C(=O)c1c(O)c3c(c(O)c1C2=O)C[C@@](O)(C(=O)CO)C[C@@H]3OC1CC(NC[C]=O)C(O)C(C)O1. The van der Waals surface area contributed by atoms with Gasteiger partial charge < -0.3 is 45.1 Å². The van der Waals surface area contributed by atoms with E-state index in [4.69, 9.17) is 14.2 Å². The van der Waals surface area contributed by atoms with Crippen LogP contribution in [0.2, 0.25) is 0 Å². The van der Waals surface area contributed by atoms with Crippen molar-refractivity contribution in [3.8, 4) is 17.2 Å². The lowest BCUT2D eigenvalue weighted by atomic mass is 9.72. The van der Waals surface area contributed by atoms with Gasteiger partial charge in [0.25, 0.3) is 0 Å². The molecule has 2 aliphatic carbocycles. The van der Waals surface area contributed by atoms with Crippen LogP contribution in [0.4, 0.5) is 0 Å². The summed E-state index contributed by atoms with van der Waals surface area (Å²) in [5.74, 6) is -3.91. The van der Waals surface area contributed by atoms with Gasteiger partial charge in [-0.15, -0.1) is 0 Å². The van der Waals surface area contributed by atoms with Gasteiger partial charge in [0, 0.05) is 42.0 Å². The first-order valence-electron chi connectivity index (χ1n) is 13.3. The van der Waals surface area contributed by atoms with Crippen molar-refractivity contribution in [3.63, 3.8) is 0 Å². The molecule has 4 unspecified atom stereocenters. The third-order valence-corrected chi connectivity index (χ3v) is 8.20. The molecule has 1 heterocycles.